The van der Waals surface area contributed by atoms with Crippen LogP contribution in [0.3, 0.4) is 0 Å². The summed E-state index contributed by atoms with van der Waals surface area (Å²) < 4.78 is 4.99. The molecule has 0 heterocycles. The molecular weight excluding hydrogens is 246 g/mol. The standard InChI is InChI=1S/C14H23NO2S/c1-3-13(16)11-18-14-6-4-5-12(9-14)10-15-7-8-17-2/h4-6,9,13,15-16H,3,7-8,10-11H2,1-2H3. The molecule has 2 N–H and O–H groups in total. The molecule has 0 aliphatic carbocycles. The van der Waals surface area contributed by atoms with E-state index in [0.717, 1.165) is 31.9 Å². The predicted octanol–water partition coefficient (Wildman–Crippen LogP) is 2.29. The molecule has 0 fully saturated rings. The summed E-state index contributed by atoms with van der Waals surface area (Å²) in [6.07, 6.45) is 0.601. The van der Waals surface area contributed by atoms with Gasteiger partial charge in [0.25, 0.3) is 0 Å². The lowest BCUT2D eigenvalue weighted by Crippen LogP contribution is -2.18. The molecule has 0 aliphatic rings. The third-order valence-corrected chi connectivity index (χ3v) is 3.76. The lowest BCUT2D eigenvalue weighted by atomic mass is 10.2. The third kappa shape index (κ3) is 6.40. The Labute approximate surface area is 114 Å². The fourth-order valence-electron chi connectivity index (χ4n) is 1.46. The van der Waals surface area contributed by atoms with Crippen LogP contribution in [-0.4, -0.2) is 37.2 Å². The highest BCUT2D eigenvalue weighted by Crippen LogP contribution is 2.20. The normalized spacial score (nSPS) is 12.6. The van der Waals surface area contributed by atoms with Crippen LogP contribution in [0, 0.1) is 0 Å². The topological polar surface area (TPSA) is 41.5 Å². The first-order valence-corrected chi connectivity index (χ1v) is 7.34. The summed E-state index contributed by atoms with van der Waals surface area (Å²) in [5.74, 6) is 0.761. The summed E-state index contributed by atoms with van der Waals surface area (Å²) in [6, 6.07) is 8.44. The Morgan fingerprint density at radius 2 is 2.28 bits per heavy atom. The molecule has 0 amide bonds. The van der Waals surface area contributed by atoms with E-state index in [-0.39, 0.29) is 6.10 Å². The average Bonchev–Trinajstić information content (AvgIpc) is 2.41. The summed E-state index contributed by atoms with van der Waals surface area (Å²) in [6.45, 7) is 4.45. The highest BCUT2D eigenvalue weighted by molar-refractivity contribution is 7.99. The summed E-state index contributed by atoms with van der Waals surface area (Å²) in [5.41, 5.74) is 1.27. The maximum atomic E-state index is 9.54. The predicted molar refractivity (Wildman–Crippen MR) is 77.0 cm³/mol. The van der Waals surface area contributed by atoms with Gasteiger partial charge < -0.3 is 15.2 Å². The van der Waals surface area contributed by atoms with Gasteiger partial charge in [-0.05, 0) is 24.1 Å². The number of benzene rings is 1. The van der Waals surface area contributed by atoms with Crippen LogP contribution in [0.5, 0.6) is 0 Å². The fourth-order valence-corrected chi connectivity index (χ4v) is 2.49. The van der Waals surface area contributed by atoms with Crippen LogP contribution in [0.4, 0.5) is 0 Å². The van der Waals surface area contributed by atoms with Crippen LogP contribution < -0.4 is 5.32 Å². The number of thioether (sulfide) groups is 1. The first-order chi connectivity index (χ1) is 8.76. The molecule has 1 rings (SSSR count). The smallest absolute Gasteiger partial charge is 0.0631 e. The van der Waals surface area contributed by atoms with Gasteiger partial charge in [0.05, 0.1) is 12.7 Å². The molecule has 102 valence electrons. The second-order valence-electron chi connectivity index (χ2n) is 4.19. The molecule has 0 saturated heterocycles. The zero-order chi connectivity index (χ0) is 13.2. The molecule has 18 heavy (non-hydrogen) atoms. The molecule has 1 unspecified atom stereocenters. The third-order valence-electron chi connectivity index (χ3n) is 2.62. The molecular formula is C14H23NO2S. The van der Waals surface area contributed by atoms with Crippen LogP contribution in [0.15, 0.2) is 29.2 Å². The number of hydrogen-bond donors (Lipinski definition) is 2. The van der Waals surface area contributed by atoms with Gasteiger partial charge in [-0.1, -0.05) is 19.1 Å². The van der Waals surface area contributed by atoms with Gasteiger partial charge in [-0.2, -0.15) is 0 Å². The lowest BCUT2D eigenvalue weighted by molar-refractivity contribution is 0.195. The van der Waals surface area contributed by atoms with Crippen molar-refractivity contribution in [2.75, 3.05) is 26.0 Å². The minimum atomic E-state index is -0.210. The number of methoxy groups -OCH3 is 1. The van der Waals surface area contributed by atoms with E-state index in [1.165, 1.54) is 10.5 Å². The largest absolute Gasteiger partial charge is 0.392 e. The Hall–Kier alpha value is -0.550. The van der Waals surface area contributed by atoms with Crippen molar-refractivity contribution in [3.8, 4) is 0 Å². The number of ether oxygens (including phenoxy) is 1. The van der Waals surface area contributed by atoms with E-state index in [2.05, 4.69) is 29.6 Å². The molecule has 0 aliphatic heterocycles. The second kappa shape index (κ2) is 9.39. The fraction of sp³-hybridized carbons (Fsp3) is 0.571. The molecule has 0 aromatic heterocycles. The highest BCUT2D eigenvalue weighted by Gasteiger charge is 2.02. The van der Waals surface area contributed by atoms with Crippen LogP contribution in [0.2, 0.25) is 0 Å². The second-order valence-corrected chi connectivity index (χ2v) is 5.28. The van der Waals surface area contributed by atoms with Gasteiger partial charge in [-0.15, -0.1) is 11.8 Å². The Kier molecular flexibility index (Phi) is 8.09. The Bertz CT molecular complexity index is 333. The Balaban J connectivity index is 2.36. The van der Waals surface area contributed by atoms with E-state index in [4.69, 9.17) is 4.74 Å². The average molecular weight is 269 g/mol. The first-order valence-electron chi connectivity index (χ1n) is 6.35. The van der Waals surface area contributed by atoms with E-state index in [9.17, 15) is 5.11 Å². The quantitative estimate of drug-likeness (QED) is 0.533. The minimum Gasteiger partial charge on any atom is -0.392 e. The SMILES string of the molecule is CCC(O)CSc1cccc(CNCCOC)c1. The number of aliphatic hydroxyl groups excluding tert-OH is 1. The Morgan fingerprint density at radius 3 is 3.00 bits per heavy atom. The monoisotopic (exact) mass is 269 g/mol. The first kappa shape index (κ1) is 15.5. The van der Waals surface area contributed by atoms with Gasteiger partial charge in [-0.3, -0.25) is 0 Å². The van der Waals surface area contributed by atoms with Crippen molar-refractivity contribution in [2.24, 2.45) is 0 Å². The molecule has 0 bridgehead atoms. The maximum Gasteiger partial charge on any atom is 0.0631 e. The summed E-state index contributed by atoms with van der Waals surface area (Å²) in [5, 5.41) is 12.9. The van der Waals surface area contributed by atoms with Crippen molar-refractivity contribution >= 4 is 11.8 Å². The number of aliphatic hydroxyl groups is 1. The maximum absolute atomic E-state index is 9.54. The lowest BCUT2D eigenvalue weighted by Gasteiger charge is -2.09. The number of rotatable bonds is 9. The molecule has 1 atom stereocenters. The molecule has 4 heteroatoms. The molecule has 0 saturated carbocycles. The molecule has 0 spiro atoms. The molecule has 3 nitrogen and oxygen atoms in total. The van der Waals surface area contributed by atoms with E-state index < -0.39 is 0 Å². The molecule has 1 aromatic rings. The van der Waals surface area contributed by atoms with E-state index in [1.54, 1.807) is 18.9 Å². The van der Waals surface area contributed by atoms with Crippen LogP contribution in [-0.2, 0) is 11.3 Å². The molecule has 1 aromatic carbocycles. The van der Waals surface area contributed by atoms with Crippen LogP contribution in [0.25, 0.3) is 0 Å². The van der Waals surface area contributed by atoms with Gasteiger partial charge in [-0.25, -0.2) is 0 Å². The minimum absolute atomic E-state index is 0.210. The van der Waals surface area contributed by atoms with Crippen molar-refractivity contribution in [2.45, 2.75) is 30.9 Å². The Morgan fingerprint density at radius 1 is 1.44 bits per heavy atom. The summed E-state index contributed by atoms with van der Waals surface area (Å²) in [7, 11) is 1.71. The van der Waals surface area contributed by atoms with Crippen molar-refractivity contribution in [1.82, 2.24) is 5.32 Å². The van der Waals surface area contributed by atoms with Crippen molar-refractivity contribution in [3.05, 3.63) is 29.8 Å². The van der Waals surface area contributed by atoms with Gasteiger partial charge in [0.15, 0.2) is 0 Å². The number of hydrogen-bond acceptors (Lipinski definition) is 4. The van der Waals surface area contributed by atoms with Crippen molar-refractivity contribution in [3.63, 3.8) is 0 Å². The highest BCUT2D eigenvalue weighted by atomic mass is 32.2. The number of nitrogens with one attached hydrogen (secondary N) is 1. The van der Waals surface area contributed by atoms with Crippen molar-refractivity contribution in [1.29, 1.82) is 0 Å². The van der Waals surface area contributed by atoms with Gasteiger partial charge in [0, 0.05) is 30.8 Å². The molecule has 0 radical (unpaired) electrons. The van der Waals surface area contributed by atoms with Crippen LogP contribution in [0.1, 0.15) is 18.9 Å². The van der Waals surface area contributed by atoms with E-state index >= 15 is 0 Å². The van der Waals surface area contributed by atoms with Crippen molar-refractivity contribution < 1.29 is 9.84 Å². The zero-order valence-electron chi connectivity index (χ0n) is 11.2. The van der Waals surface area contributed by atoms with Crippen LogP contribution >= 0.6 is 11.8 Å². The summed E-state index contributed by atoms with van der Waals surface area (Å²) >= 11 is 1.71. The summed E-state index contributed by atoms with van der Waals surface area (Å²) in [4.78, 5) is 1.22. The van der Waals surface area contributed by atoms with Gasteiger partial charge in [0.2, 0.25) is 0 Å². The van der Waals surface area contributed by atoms with E-state index in [1.807, 2.05) is 6.92 Å². The van der Waals surface area contributed by atoms with Gasteiger partial charge >= 0.3 is 0 Å². The van der Waals surface area contributed by atoms with E-state index in [0.29, 0.717) is 0 Å². The van der Waals surface area contributed by atoms with Gasteiger partial charge in [0.1, 0.15) is 0 Å². The zero-order valence-corrected chi connectivity index (χ0v) is 12.0.